The fraction of sp³-hybridized carbons (Fsp3) is 0.588. The van der Waals surface area contributed by atoms with Crippen molar-refractivity contribution < 1.29 is 27.8 Å². The Morgan fingerprint density at radius 1 is 1.42 bits per heavy atom. The second-order valence-electron chi connectivity index (χ2n) is 6.08. The van der Waals surface area contributed by atoms with Crippen LogP contribution in [-0.2, 0) is 9.53 Å². The molecule has 24 heavy (non-hydrogen) atoms. The van der Waals surface area contributed by atoms with Gasteiger partial charge in [0.25, 0.3) is 0 Å². The average molecular weight is 345 g/mol. The number of anilines is 1. The van der Waals surface area contributed by atoms with Crippen molar-refractivity contribution in [3.63, 3.8) is 0 Å². The molecule has 7 heteroatoms. The van der Waals surface area contributed by atoms with Crippen LogP contribution in [0.3, 0.4) is 0 Å². The number of hydrogen-bond donors (Lipinski definition) is 2. The number of carbonyl (C=O) groups excluding carboxylic acids is 1. The third-order valence-electron chi connectivity index (χ3n) is 4.24. The number of para-hydroxylation sites is 1. The lowest BCUT2D eigenvalue weighted by molar-refractivity contribution is -0.206. The predicted octanol–water partition coefficient (Wildman–Crippen LogP) is 3.82. The molecule has 2 rings (SSSR count). The first kappa shape index (κ1) is 18.7. The third-order valence-corrected chi connectivity index (χ3v) is 4.24. The van der Waals surface area contributed by atoms with Crippen LogP contribution < -0.4 is 5.32 Å². The molecule has 1 amide bonds. The van der Waals surface area contributed by atoms with Gasteiger partial charge < -0.3 is 15.2 Å². The third kappa shape index (κ3) is 4.95. The Bertz CT molecular complexity index is 562. The number of nitrogens with one attached hydrogen (secondary N) is 1. The summed E-state index contributed by atoms with van der Waals surface area (Å²) in [5, 5.41) is 11.9. The van der Waals surface area contributed by atoms with Gasteiger partial charge in [-0.15, -0.1) is 0 Å². The van der Waals surface area contributed by atoms with E-state index in [2.05, 4.69) is 5.32 Å². The van der Waals surface area contributed by atoms with Gasteiger partial charge in [-0.25, -0.2) is 0 Å². The lowest BCUT2D eigenvalue weighted by Crippen LogP contribution is -2.28. The van der Waals surface area contributed by atoms with E-state index in [0.29, 0.717) is 6.61 Å². The summed E-state index contributed by atoms with van der Waals surface area (Å²) in [4.78, 5) is 12.2. The van der Waals surface area contributed by atoms with E-state index in [1.54, 1.807) is 0 Å². The Kier molecular flexibility index (Phi) is 6.23. The maximum absolute atomic E-state index is 12.7. The summed E-state index contributed by atoms with van der Waals surface area (Å²) < 4.78 is 43.7. The predicted molar refractivity (Wildman–Crippen MR) is 83.5 cm³/mol. The molecule has 1 aliphatic heterocycles. The molecule has 1 aromatic carbocycles. The van der Waals surface area contributed by atoms with Gasteiger partial charge >= 0.3 is 6.18 Å². The van der Waals surface area contributed by atoms with Gasteiger partial charge in [0.05, 0.1) is 6.10 Å². The summed E-state index contributed by atoms with van der Waals surface area (Å²) in [6, 6.07) is 5.43. The number of ether oxygens (including phenoxy) is 1. The number of halogens is 3. The van der Waals surface area contributed by atoms with Crippen molar-refractivity contribution >= 4 is 11.6 Å². The van der Waals surface area contributed by atoms with Crippen LogP contribution in [0.25, 0.3) is 0 Å². The van der Waals surface area contributed by atoms with E-state index in [1.165, 1.54) is 18.2 Å². The van der Waals surface area contributed by atoms with E-state index in [4.69, 9.17) is 4.74 Å². The molecule has 0 radical (unpaired) electrons. The summed E-state index contributed by atoms with van der Waals surface area (Å²) in [7, 11) is 0. The Morgan fingerprint density at radius 3 is 2.79 bits per heavy atom. The highest BCUT2D eigenvalue weighted by Gasteiger charge is 2.40. The smallest absolute Gasteiger partial charge is 0.379 e. The van der Waals surface area contributed by atoms with Gasteiger partial charge in [-0.3, -0.25) is 4.79 Å². The van der Waals surface area contributed by atoms with Gasteiger partial charge in [0, 0.05) is 24.3 Å². The maximum Gasteiger partial charge on any atom is 0.418 e. The maximum atomic E-state index is 12.7. The molecule has 4 nitrogen and oxygen atoms in total. The zero-order valence-electron chi connectivity index (χ0n) is 13.5. The molecule has 1 aliphatic rings. The number of hydrogen-bond acceptors (Lipinski definition) is 3. The van der Waals surface area contributed by atoms with E-state index in [0.717, 1.165) is 25.3 Å². The van der Waals surface area contributed by atoms with E-state index < -0.39 is 12.3 Å². The SMILES string of the molecule is CC[C@@H]1C[C@@H](CC(=O)Nc2ccccc2[C@@H](O)C(F)(F)F)CCO1. The van der Waals surface area contributed by atoms with Crippen LogP contribution in [0.1, 0.15) is 44.3 Å². The quantitative estimate of drug-likeness (QED) is 0.853. The Labute approximate surface area is 139 Å². The molecule has 0 unspecified atom stereocenters. The average Bonchev–Trinajstić information content (AvgIpc) is 2.54. The van der Waals surface area contributed by atoms with Crippen molar-refractivity contribution in [1.82, 2.24) is 0 Å². The van der Waals surface area contributed by atoms with Gasteiger partial charge in [0.1, 0.15) is 0 Å². The number of aliphatic hydroxyl groups is 1. The summed E-state index contributed by atoms with van der Waals surface area (Å²) in [5.74, 6) is -0.193. The van der Waals surface area contributed by atoms with Crippen molar-refractivity contribution in [3.8, 4) is 0 Å². The molecular weight excluding hydrogens is 323 g/mol. The summed E-state index contributed by atoms with van der Waals surface area (Å²) >= 11 is 0. The summed E-state index contributed by atoms with van der Waals surface area (Å²) in [6.45, 7) is 2.61. The van der Waals surface area contributed by atoms with Crippen LogP contribution in [0.4, 0.5) is 18.9 Å². The molecule has 0 aliphatic carbocycles. The molecule has 0 saturated carbocycles. The molecule has 2 N–H and O–H groups in total. The summed E-state index contributed by atoms with van der Waals surface area (Å²) in [6.07, 6.45) is -4.63. The zero-order valence-corrected chi connectivity index (χ0v) is 13.5. The first-order chi connectivity index (χ1) is 11.3. The van der Waals surface area contributed by atoms with Crippen molar-refractivity contribution in [2.45, 2.75) is 51.0 Å². The number of alkyl halides is 3. The molecule has 3 atom stereocenters. The van der Waals surface area contributed by atoms with Gasteiger partial charge in [-0.1, -0.05) is 25.1 Å². The molecule has 0 aromatic heterocycles. The molecule has 1 saturated heterocycles. The number of amides is 1. The standard InChI is InChI=1S/C17H22F3NO3/c1-2-12-9-11(7-8-24-12)10-15(22)21-14-6-4-3-5-13(14)16(23)17(18,19)20/h3-6,11-12,16,23H,2,7-10H2,1H3,(H,21,22)/t11-,12+,16+/m0/s1. The van der Waals surface area contributed by atoms with Gasteiger partial charge in [0.2, 0.25) is 5.91 Å². The van der Waals surface area contributed by atoms with Gasteiger partial charge in [0.15, 0.2) is 6.10 Å². The fourth-order valence-corrected chi connectivity index (χ4v) is 2.92. The van der Waals surface area contributed by atoms with E-state index in [1.807, 2.05) is 6.92 Å². The minimum atomic E-state index is -4.78. The monoisotopic (exact) mass is 345 g/mol. The second kappa shape index (κ2) is 7.98. The molecule has 134 valence electrons. The largest absolute Gasteiger partial charge is 0.418 e. The summed E-state index contributed by atoms with van der Waals surface area (Å²) in [5.41, 5.74) is -0.358. The second-order valence-corrected chi connectivity index (χ2v) is 6.08. The first-order valence-corrected chi connectivity index (χ1v) is 8.06. The molecule has 1 fully saturated rings. The van der Waals surface area contributed by atoms with Crippen LogP contribution in [0.2, 0.25) is 0 Å². The number of carbonyl (C=O) groups is 1. The molecule has 1 aromatic rings. The molecular formula is C17H22F3NO3. The van der Waals surface area contributed by atoms with Crippen LogP contribution in [0.15, 0.2) is 24.3 Å². The molecule has 0 spiro atoms. The highest BCUT2D eigenvalue weighted by Crippen LogP contribution is 2.36. The molecule has 1 heterocycles. The van der Waals surface area contributed by atoms with E-state index >= 15 is 0 Å². The van der Waals surface area contributed by atoms with E-state index in [-0.39, 0.29) is 35.6 Å². The zero-order chi connectivity index (χ0) is 17.7. The lowest BCUT2D eigenvalue weighted by atomic mass is 9.91. The first-order valence-electron chi connectivity index (χ1n) is 8.06. The minimum absolute atomic E-state index is 0.00794. The fourth-order valence-electron chi connectivity index (χ4n) is 2.92. The van der Waals surface area contributed by atoms with E-state index in [9.17, 15) is 23.1 Å². The number of benzene rings is 1. The van der Waals surface area contributed by atoms with Crippen LogP contribution in [0.5, 0.6) is 0 Å². The Balaban J connectivity index is 2.02. The lowest BCUT2D eigenvalue weighted by Gasteiger charge is -2.28. The molecule has 0 bridgehead atoms. The van der Waals surface area contributed by atoms with Crippen LogP contribution in [0, 0.1) is 5.92 Å². The van der Waals surface area contributed by atoms with Crippen molar-refractivity contribution in [2.24, 2.45) is 5.92 Å². The van der Waals surface area contributed by atoms with Crippen molar-refractivity contribution in [1.29, 1.82) is 0 Å². The topological polar surface area (TPSA) is 58.6 Å². The van der Waals surface area contributed by atoms with Crippen molar-refractivity contribution in [3.05, 3.63) is 29.8 Å². The number of rotatable bonds is 5. The van der Waals surface area contributed by atoms with Crippen molar-refractivity contribution in [2.75, 3.05) is 11.9 Å². The minimum Gasteiger partial charge on any atom is -0.379 e. The van der Waals surface area contributed by atoms with Gasteiger partial charge in [-0.2, -0.15) is 13.2 Å². The van der Waals surface area contributed by atoms with Gasteiger partial charge in [-0.05, 0) is 31.2 Å². The normalized spacial score (nSPS) is 22.9. The van der Waals surface area contributed by atoms with Crippen LogP contribution >= 0.6 is 0 Å². The highest BCUT2D eigenvalue weighted by atomic mass is 19.4. The highest BCUT2D eigenvalue weighted by molar-refractivity contribution is 5.91. The number of aliphatic hydroxyl groups excluding tert-OH is 1. The van der Waals surface area contributed by atoms with Crippen LogP contribution in [-0.4, -0.2) is 29.9 Å². The Morgan fingerprint density at radius 2 is 2.12 bits per heavy atom. The Hall–Kier alpha value is -1.60.